The molecule has 2 unspecified atom stereocenters. The molecule has 0 saturated heterocycles. The van der Waals surface area contributed by atoms with Gasteiger partial charge in [-0.15, -0.1) is 0 Å². The molecule has 20 heavy (non-hydrogen) atoms. The minimum atomic E-state index is -0.780. The van der Waals surface area contributed by atoms with Crippen LogP contribution >= 0.6 is 0 Å². The topological polar surface area (TPSA) is 64.3 Å². The Kier molecular flexibility index (Phi) is 4.27. The number of carboxylic acids is 1. The Balaban J connectivity index is 2.12. The maximum Gasteiger partial charge on any atom is 0.306 e. The van der Waals surface area contributed by atoms with E-state index in [0.29, 0.717) is 6.42 Å². The van der Waals surface area contributed by atoms with Crippen molar-refractivity contribution in [3.05, 3.63) is 41.7 Å². The van der Waals surface area contributed by atoms with Crippen molar-refractivity contribution >= 4 is 5.97 Å². The van der Waals surface area contributed by atoms with Crippen LogP contribution < -0.4 is 0 Å². The van der Waals surface area contributed by atoms with Gasteiger partial charge < -0.3 is 14.4 Å². The Labute approximate surface area is 118 Å². The summed E-state index contributed by atoms with van der Waals surface area (Å²) < 4.78 is 7.17. The lowest BCUT2D eigenvalue weighted by atomic mass is 9.99. The van der Waals surface area contributed by atoms with Crippen molar-refractivity contribution in [2.45, 2.75) is 25.7 Å². The fourth-order valence-corrected chi connectivity index (χ4v) is 2.34. The first kappa shape index (κ1) is 14.4. The van der Waals surface area contributed by atoms with Crippen LogP contribution in [0.2, 0.25) is 0 Å². The molecule has 0 radical (unpaired) electrons. The molecule has 108 valence electrons. The first-order valence-corrected chi connectivity index (χ1v) is 6.68. The van der Waals surface area contributed by atoms with Crippen LogP contribution in [0.25, 0.3) is 0 Å². The number of hydrogen-bond acceptors (Lipinski definition) is 3. The van der Waals surface area contributed by atoms with Gasteiger partial charge in [-0.25, -0.2) is 4.98 Å². The first-order valence-electron chi connectivity index (χ1n) is 6.68. The highest BCUT2D eigenvalue weighted by molar-refractivity contribution is 5.69. The van der Waals surface area contributed by atoms with E-state index in [1.54, 1.807) is 20.2 Å². The number of carbonyl (C=O) groups is 1. The molecule has 1 aromatic heterocycles. The number of aromatic nitrogens is 2. The van der Waals surface area contributed by atoms with Crippen LogP contribution in [0.5, 0.6) is 0 Å². The normalized spacial score (nSPS) is 19.6. The van der Waals surface area contributed by atoms with Gasteiger partial charge in [-0.1, -0.05) is 13.0 Å². The number of rotatable bonds is 5. The van der Waals surface area contributed by atoms with Crippen molar-refractivity contribution < 1.29 is 14.6 Å². The molecule has 1 heterocycles. The molecule has 2 rings (SSSR count). The van der Waals surface area contributed by atoms with Gasteiger partial charge in [0.05, 0.1) is 13.0 Å². The molecule has 0 saturated carbocycles. The van der Waals surface area contributed by atoms with E-state index in [4.69, 9.17) is 9.84 Å². The first-order chi connectivity index (χ1) is 9.52. The zero-order chi connectivity index (χ0) is 14.7. The number of nitrogens with zero attached hydrogens (tertiary/aromatic N) is 2. The van der Waals surface area contributed by atoms with E-state index in [0.717, 1.165) is 23.7 Å². The molecule has 5 heteroatoms. The summed E-state index contributed by atoms with van der Waals surface area (Å²) in [6, 6.07) is 0. The Morgan fingerprint density at radius 1 is 1.65 bits per heavy atom. The van der Waals surface area contributed by atoms with Gasteiger partial charge in [-0.05, 0) is 18.6 Å². The second-order valence-electron chi connectivity index (χ2n) is 5.12. The number of hydrogen-bond donors (Lipinski definition) is 1. The summed E-state index contributed by atoms with van der Waals surface area (Å²) in [5.41, 5.74) is 0.949. The van der Waals surface area contributed by atoms with Gasteiger partial charge in [0.25, 0.3) is 0 Å². The highest BCUT2D eigenvalue weighted by Gasteiger charge is 2.20. The molecule has 0 bridgehead atoms. The van der Waals surface area contributed by atoms with Crippen LogP contribution in [0.1, 0.15) is 30.8 Å². The Hall–Kier alpha value is -2.04. The second kappa shape index (κ2) is 5.94. The third kappa shape index (κ3) is 2.92. The summed E-state index contributed by atoms with van der Waals surface area (Å²) in [5.74, 6) is 0.862. The summed E-state index contributed by atoms with van der Waals surface area (Å²) in [4.78, 5) is 15.4. The van der Waals surface area contributed by atoms with Crippen LogP contribution in [-0.4, -0.2) is 27.7 Å². The number of imidazole rings is 1. The summed E-state index contributed by atoms with van der Waals surface area (Å²) in [7, 11) is 3.60. The number of methoxy groups -OCH3 is 1. The third-order valence-corrected chi connectivity index (χ3v) is 3.69. The summed E-state index contributed by atoms with van der Waals surface area (Å²) >= 11 is 0. The number of aliphatic carboxylic acids is 1. The standard InChI is InChI=1S/C15H20N2O3/c1-10(15(18)19)8-12-9-16-14(17(12)2)11-4-6-13(20-3)7-5-11/h4,6-7,9-11H,5,8H2,1-3H3,(H,18,19). The van der Waals surface area contributed by atoms with E-state index in [2.05, 4.69) is 11.1 Å². The maximum absolute atomic E-state index is 10.9. The van der Waals surface area contributed by atoms with Gasteiger partial charge in [-0.3, -0.25) is 4.79 Å². The Bertz CT molecular complexity index is 557. The Morgan fingerprint density at radius 2 is 2.40 bits per heavy atom. The van der Waals surface area contributed by atoms with E-state index in [-0.39, 0.29) is 5.92 Å². The summed E-state index contributed by atoms with van der Waals surface area (Å²) in [6.45, 7) is 1.71. The third-order valence-electron chi connectivity index (χ3n) is 3.69. The average molecular weight is 276 g/mol. The van der Waals surface area contributed by atoms with Crippen LogP contribution in [-0.2, 0) is 23.0 Å². The Morgan fingerprint density at radius 3 is 2.95 bits per heavy atom. The number of allylic oxidation sites excluding steroid dienone is 3. The molecule has 0 spiro atoms. The van der Waals surface area contributed by atoms with Crippen molar-refractivity contribution in [1.82, 2.24) is 9.55 Å². The predicted octanol–water partition coefficient (Wildman–Crippen LogP) is 2.26. The predicted molar refractivity (Wildman–Crippen MR) is 75.3 cm³/mol. The molecule has 0 amide bonds. The van der Waals surface area contributed by atoms with Crippen molar-refractivity contribution in [1.29, 1.82) is 0 Å². The fraction of sp³-hybridized carbons (Fsp3) is 0.467. The lowest BCUT2D eigenvalue weighted by Crippen LogP contribution is -2.15. The molecule has 1 N–H and O–H groups in total. The van der Waals surface area contributed by atoms with Gasteiger partial charge in [0, 0.05) is 31.3 Å². The molecule has 1 aliphatic rings. The van der Waals surface area contributed by atoms with E-state index >= 15 is 0 Å². The summed E-state index contributed by atoms with van der Waals surface area (Å²) in [6.07, 6.45) is 9.18. The van der Waals surface area contributed by atoms with Crippen molar-refractivity contribution in [3.8, 4) is 0 Å². The molecule has 0 aromatic carbocycles. The lowest BCUT2D eigenvalue weighted by Gasteiger charge is -2.16. The smallest absolute Gasteiger partial charge is 0.306 e. The van der Waals surface area contributed by atoms with E-state index in [1.807, 2.05) is 23.8 Å². The zero-order valence-electron chi connectivity index (χ0n) is 12.0. The summed E-state index contributed by atoms with van der Waals surface area (Å²) in [5, 5.41) is 8.98. The molecular weight excluding hydrogens is 256 g/mol. The fourth-order valence-electron chi connectivity index (χ4n) is 2.34. The zero-order valence-corrected chi connectivity index (χ0v) is 12.0. The molecule has 1 aliphatic carbocycles. The molecule has 2 atom stereocenters. The maximum atomic E-state index is 10.9. The minimum Gasteiger partial charge on any atom is -0.497 e. The largest absolute Gasteiger partial charge is 0.497 e. The van der Waals surface area contributed by atoms with Gasteiger partial charge in [0.1, 0.15) is 11.6 Å². The minimum absolute atomic E-state index is 0.216. The van der Waals surface area contributed by atoms with E-state index in [9.17, 15) is 4.79 Å². The van der Waals surface area contributed by atoms with Gasteiger partial charge >= 0.3 is 5.97 Å². The number of carboxylic acid groups (broad SMARTS) is 1. The van der Waals surface area contributed by atoms with Crippen LogP contribution in [0.4, 0.5) is 0 Å². The van der Waals surface area contributed by atoms with Crippen LogP contribution in [0, 0.1) is 5.92 Å². The van der Waals surface area contributed by atoms with Crippen molar-refractivity contribution in [2.24, 2.45) is 13.0 Å². The van der Waals surface area contributed by atoms with Crippen LogP contribution in [0.3, 0.4) is 0 Å². The highest BCUT2D eigenvalue weighted by atomic mass is 16.5. The van der Waals surface area contributed by atoms with Crippen molar-refractivity contribution in [2.75, 3.05) is 7.11 Å². The number of ether oxygens (including phenoxy) is 1. The van der Waals surface area contributed by atoms with Gasteiger partial charge in [-0.2, -0.15) is 0 Å². The highest BCUT2D eigenvalue weighted by Crippen LogP contribution is 2.26. The molecule has 5 nitrogen and oxygen atoms in total. The molecule has 0 aliphatic heterocycles. The van der Waals surface area contributed by atoms with Gasteiger partial charge in [0.15, 0.2) is 0 Å². The quantitative estimate of drug-likeness (QED) is 0.896. The second-order valence-corrected chi connectivity index (χ2v) is 5.12. The molecular formula is C15H20N2O3. The monoisotopic (exact) mass is 276 g/mol. The molecule has 1 aromatic rings. The van der Waals surface area contributed by atoms with E-state index in [1.165, 1.54) is 0 Å². The van der Waals surface area contributed by atoms with Crippen LogP contribution in [0.15, 0.2) is 30.2 Å². The van der Waals surface area contributed by atoms with Crippen molar-refractivity contribution in [3.63, 3.8) is 0 Å². The lowest BCUT2D eigenvalue weighted by molar-refractivity contribution is -0.141. The van der Waals surface area contributed by atoms with E-state index < -0.39 is 11.9 Å². The molecule has 0 fully saturated rings. The SMILES string of the molecule is COC1=CCC(c2ncc(CC(C)C(=O)O)n2C)C=C1. The average Bonchev–Trinajstić information content (AvgIpc) is 2.80. The van der Waals surface area contributed by atoms with Gasteiger partial charge in [0.2, 0.25) is 0 Å².